The van der Waals surface area contributed by atoms with Gasteiger partial charge >= 0.3 is 0 Å². The van der Waals surface area contributed by atoms with Crippen LogP contribution in [0.4, 0.5) is 0 Å². The summed E-state index contributed by atoms with van der Waals surface area (Å²) in [6, 6.07) is 18.9. The molecule has 7 heteroatoms. The molecule has 1 saturated carbocycles. The first-order chi connectivity index (χ1) is 16.6. The largest absolute Gasteiger partial charge is 0.351 e. The lowest BCUT2D eigenvalue weighted by molar-refractivity contribution is -0.134. The van der Waals surface area contributed by atoms with Gasteiger partial charge in [-0.25, -0.2) is 0 Å². The summed E-state index contributed by atoms with van der Waals surface area (Å²) in [5.74, 6) is 0.161. The van der Waals surface area contributed by atoms with Crippen LogP contribution in [0.25, 0.3) is 0 Å². The quantitative estimate of drug-likeness (QED) is 0.591. The van der Waals surface area contributed by atoms with Gasteiger partial charge in [0.05, 0.1) is 11.7 Å². The molecule has 0 spiro atoms. The smallest absolute Gasteiger partial charge is 0.251 e. The second-order valence-corrected chi connectivity index (χ2v) is 10.2. The van der Waals surface area contributed by atoms with E-state index in [1.165, 1.54) is 11.8 Å². The van der Waals surface area contributed by atoms with E-state index >= 15 is 0 Å². The summed E-state index contributed by atoms with van der Waals surface area (Å²) in [7, 11) is 0. The lowest BCUT2D eigenvalue weighted by Gasteiger charge is -2.36. The fraction of sp³-hybridized carbons (Fsp3) is 0.444. The van der Waals surface area contributed by atoms with Crippen molar-refractivity contribution >= 4 is 29.5 Å². The number of hydrogen-bond acceptors (Lipinski definition) is 4. The molecule has 6 nitrogen and oxygen atoms in total. The van der Waals surface area contributed by atoms with Crippen LogP contribution in [0.5, 0.6) is 0 Å². The lowest BCUT2D eigenvalue weighted by atomic mass is 9.88. The van der Waals surface area contributed by atoms with Gasteiger partial charge in [0.2, 0.25) is 11.8 Å². The van der Waals surface area contributed by atoms with Crippen molar-refractivity contribution < 1.29 is 14.4 Å². The first-order valence-electron chi connectivity index (χ1n) is 12.2. The molecule has 0 aromatic heterocycles. The standard InChI is InChI=1S/C27H33N3O3S/c31-25(19-34-22-13-5-2-6-14-22)30-17-9-12-21(18-30)27(33)29-24-16-8-7-15-23(24)28-26(32)20-10-3-1-4-11-20/h1-6,10-11,13-14,21,23-24H,7-9,12,15-19H2,(H,28,32)(H,29,33)/t21-,23-,24-/m1/s1. The van der Waals surface area contributed by atoms with Gasteiger partial charge in [-0.2, -0.15) is 0 Å². The Labute approximate surface area is 205 Å². The van der Waals surface area contributed by atoms with Gasteiger partial charge in [-0.05, 0) is 49.9 Å². The third-order valence-electron chi connectivity index (χ3n) is 6.70. The van der Waals surface area contributed by atoms with Gasteiger partial charge < -0.3 is 15.5 Å². The molecule has 0 unspecified atom stereocenters. The number of rotatable bonds is 7. The third kappa shape index (κ3) is 6.63. The molecule has 1 aliphatic heterocycles. The van der Waals surface area contributed by atoms with Crippen molar-refractivity contribution in [1.29, 1.82) is 0 Å². The maximum atomic E-state index is 13.1. The highest BCUT2D eigenvalue weighted by atomic mass is 32.2. The molecule has 34 heavy (non-hydrogen) atoms. The van der Waals surface area contributed by atoms with E-state index in [9.17, 15) is 14.4 Å². The van der Waals surface area contributed by atoms with Crippen LogP contribution >= 0.6 is 11.8 Å². The number of carbonyl (C=O) groups is 3. The van der Waals surface area contributed by atoms with Gasteiger partial charge in [0.1, 0.15) is 0 Å². The highest BCUT2D eigenvalue weighted by Crippen LogP contribution is 2.23. The summed E-state index contributed by atoms with van der Waals surface area (Å²) in [4.78, 5) is 41.5. The molecular weight excluding hydrogens is 446 g/mol. The number of nitrogens with one attached hydrogen (secondary N) is 2. The van der Waals surface area contributed by atoms with Gasteiger partial charge in [-0.3, -0.25) is 14.4 Å². The van der Waals surface area contributed by atoms with Crippen molar-refractivity contribution in [2.75, 3.05) is 18.8 Å². The van der Waals surface area contributed by atoms with Crippen molar-refractivity contribution in [3.63, 3.8) is 0 Å². The number of nitrogens with zero attached hydrogens (tertiary/aromatic N) is 1. The number of benzene rings is 2. The molecule has 3 atom stereocenters. The molecule has 1 heterocycles. The van der Waals surface area contributed by atoms with Crippen LogP contribution in [0.15, 0.2) is 65.6 Å². The van der Waals surface area contributed by atoms with E-state index < -0.39 is 0 Å². The molecule has 2 fully saturated rings. The molecule has 0 radical (unpaired) electrons. The Bertz CT molecular complexity index is 970. The molecule has 2 aromatic carbocycles. The molecule has 2 N–H and O–H groups in total. The van der Waals surface area contributed by atoms with Crippen LogP contribution in [0.1, 0.15) is 48.9 Å². The van der Waals surface area contributed by atoms with Gasteiger partial charge in [0, 0.05) is 35.6 Å². The molecule has 1 saturated heterocycles. The van der Waals surface area contributed by atoms with E-state index in [1.807, 2.05) is 53.4 Å². The van der Waals surface area contributed by atoms with Crippen LogP contribution < -0.4 is 10.6 Å². The van der Waals surface area contributed by atoms with Gasteiger partial charge in [-0.15, -0.1) is 11.8 Å². The van der Waals surface area contributed by atoms with E-state index in [0.717, 1.165) is 43.4 Å². The fourth-order valence-corrected chi connectivity index (χ4v) is 5.61. The second-order valence-electron chi connectivity index (χ2n) is 9.13. The molecule has 1 aliphatic carbocycles. The molecule has 4 rings (SSSR count). The van der Waals surface area contributed by atoms with Crippen molar-refractivity contribution in [3.05, 3.63) is 66.2 Å². The van der Waals surface area contributed by atoms with E-state index in [2.05, 4.69) is 10.6 Å². The Morgan fingerprint density at radius 1 is 0.824 bits per heavy atom. The van der Waals surface area contributed by atoms with Gasteiger partial charge in [0.15, 0.2) is 0 Å². The summed E-state index contributed by atoms with van der Waals surface area (Å²) >= 11 is 1.53. The molecule has 180 valence electrons. The van der Waals surface area contributed by atoms with E-state index in [-0.39, 0.29) is 35.7 Å². The first kappa shape index (κ1) is 24.3. The van der Waals surface area contributed by atoms with Crippen LogP contribution in [0.2, 0.25) is 0 Å². The highest BCUT2D eigenvalue weighted by molar-refractivity contribution is 8.00. The van der Waals surface area contributed by atoms with Crippen LogP contribution in [0.3, 0.4) is 0 Å². The number of hydrogen-bond donors (Lipinski definition) is 2. The number of likely N-dealkylation sites (tertiary alicyclic amines) is 1. The zero-order valence-corrected chi connectivity index (χ0v) is 20.3. The average molecular weight is 480 g/mol. The minimum absolute atomic E-state index is 0.000859. The van der Waals surface area contributed by atoms with Crippen molar-refractivity contribution in [1.82, 2.24) is 15.5 Å². The SMILES string of the molecule is O=C(N[C@@H]1CCCC[C@H]1NC(=O)[C@@H]1CCCN(C(=O)CSc2ccccc2)C1)c1ccccc1. The van der Waals surface area contributed by atoms with E-state index in [0.29, 0.717) is 24.4 Å². The average Bonchev–Trinajstić information content (AvgIpc) is 2.89. The fourth-order valence-electron chi connectivity index (χ4n) is 4.79. The van der Waals surface area contributed by atoms with Crippen LogP contribution in [-0.2, 0) is 9.59 Å². The predicted octanol–water partition coefficient (Wildman–Crippen LogP) is 3.87. The third-order valence-corrected chi connectivity index (χ3v) is 7.69. The Balaban J connectivity index is 1.29. The topological polar surface area (TPSA) is 78.5 Å². The maximum absolute atomic E-state index is 13.1. The summed E-state index contributed by atoms with van der Waals surface area (Å²) in [5, 5.41) is 6.35. The molecule has 2 aliphatic rings. The predicted molar refractivity (Wildman–Crippen MR) is 135 cm³/mol. The number of amides is 3. The molecule has 2 aromatic rings. The van der Waals surface area contributed by atoms with Crippen molar-refractivity contribution in [3.8, 4) is 0 Å². The Morgan fingerprint density at radius 2 is 1.47 bits per heavy atom. The Hall–Kier alpha value is -2.80. The Kier molecular flexibility index (Phi) is 8.63. The summed E-state index contributed by atoms with van der Waals surface area (Å²) < 4.78 is 0. The molecule has 3 amide bonds. The first-order valence-corrected chi connectivity index (χ1v) is 13.2. The minimum atomic E-state index is -0.202. The van der Waals surface area contributed by atoms with Crippen molar-refractivity contribution in [2.45, 2.75) is 55.5 Å². The zero-order valence-electron chi connectivity index (χ0n) is 19.4. The summed E-state index contributed by atoms with van der Waals surface area (Å²) in [6.45, 7) is 1.17. The van der Waals surface area contributed by atoms with Crippen LogP contribution in [-0.4, -0.2) is 53.5 Å². The molecule has 0 bridgehead atoms. The molecular formula is C27H33N3O3S. The van der Waals surface area contributed by atoms with Crippen LogP contribution in [0, 0.1) is 5.92 Å². The summed E-state index contributed by atoms with van der Waals surface area (Å²) in [5.41, 5.74) is 0.632. The number of carbonyl (C=O) groups excluding carboxylic acids is 3. The lowest BCUT2D eigenvalue weighted by Crippen LogP contribution is -2.55. The van der Waals surface area contributed by atoms with E-state index in [1.54, 1.807) is 12.1 Å². The Morgan fingerprint density at radius 3 is 2.18 bits per heavy atom. The second kappa shape index (κ2) is 12.1. The van der Waals surface area contributed by atoms with Crippen molar-refractivity contribution in [2.24, 2.45) is 5.92 Å². The minimum Gasteiger partial charge on any atom is -0.351 e. The highest BCUT2D eigenvalue weighted by Gasteiger charge is 2.33. The summed E-state index contributed by atoms with van der Waals surface area (Å²) in [6.07, 6.45) is 5.41. The zero-order chi connectivity index (χ0) is 23.8. The van der Waals surface area contributed by atoms with Gasteiger partial charge in [0.25, 0.3) is 5.91 Å². The number of piperidine rings is 1. The maximum Gasteiger partial charge on any atom is 0.251 e. The van der Waals surface area contributed by atoms with E-state index in [4.69, 9.17) is 0 Å². The monoisotopic (exact) mass is 479 g/mol. The van der Waals surface area contributed by atoms with Gasteiger partial charge in [-0.1, -0.05) is 49.2 Å². The number of thioether (sulfide) groups is 1. The normalized spacial score (nSPS) is 22.6.